The average molecular weight is 515 g/mol. The van der Waals surface area contributed by atoms with Crippen molar-refractivity contribution in [1.29, 1.82) is 0 Å². The van der Waals surface area contributed by atoms with E-state index in [2.05, 4.69) is 18.8 Å². The average Bonchev–Trinajstić information content (AvgIpc) is 3.25. The van der Waals surface area contributed by atoms with E-state index in [1.807, 2.05) is 45.6 Å². The van der Waals surface area contributed by atoms with Gasteiger partial charge in [0.05, 0.1) is 23.6 Å². The van der Waals surface area contributed by atoms with Gasteiger partial charge in [-0.25, -0.2) is 4.79 Å². The Bertz CT molecular complexity index is 1020. The first-order valence-corrected chi connectivity index (χ1v) is 14.1. The van der Waals surface area contributed by atoms with E-state index >= 15 is 0 Å². The third-order valence-corrected chi connectivity index (χ3v) is 8.20. The molecule has 1 aliphatic carbocycles. The number of hydrogen-bond acceptors (Lipinski definition) is 5. The van der Waals surface area contributed by atoms with Crippen LogP contribution in [0.3, 0.4) is 0 Å². The van der Waals surface area contributed by atoms with Crippen molar-refractivity contribution in [3.63, 3.8) is 0 Å². The number of amides is 2. The minimum Gasteiger partial charge on any atom is -0.465 e. The van der Waals surface area contributed by atoms with Crippen molar-refractivity contribution in [2.24, 2.45) is 23.2 Å². The number of piperidine rings is 1. The smallest absolute Gasteiger partial charge is 0.350 e. The van der Waals surface area contributed by atoms with Gasteiger partial charge in [0, 0.05) is 30.5 Å². The molecule has 2 amide bonds. The van der Waals surface area contributed by atoms with E-state index in [4.69, 9.17) is 4.74 Å². The van der Waals surface area contributed by atoms with E-state index in [0.29, 0.717) is 21.4 Å². The predicted molar refractivity (Wildman–Crippen MR) is 145 cm³/mol. The number of carbonyl (C=O) groups is 3. The molecule has 1 saturated carbocycles. The first-order chi connectivity index (χ1) is 16.9. The highest BCUT2D eigenvalue weighted by Crippen LogP contribution is 2.37. The number of rotatable bonds is 6. The zero-order valence-corrected chi connectivity index (χ0v) is 23.8. The summed E-state index contributed by atoms with van der Waals surface area (Å²) in [5, 5.41) is 0. The summed E-state index contributed by atoms with van der Waals surface area (Å²) in [6.07, 6.45) is 5.35. The summed E-state index contributed by atoms with van der Waals surface area (Å²) >= 11 is 1.26. The van der Waals surface area contributed by atoms with Gasteiger partial charge in [-0.05, 0) is 85.1 Å². The molecule has 2 aliphatic rings. The van der Waals surface area contributed by atoms with Crippen LogP contribution in [0.4, 0.5) is 5.69 Å². The van der Waals surface area contributed by atoms with Gasteiger partial charge in [0.2, 0.25) is 11.8 Å². The van der Waals surface area contributed by atoms with E-state index in [0.717, 1.165) is 45.1 Å². The molecular weight excluding hydrogens is 472 g/mol. The Labute approximate surface area is 220 Å². The third-order valence-electron chi connectivity index (χ3n) is 7.18. The number of nitrogens with zero attached hydrogens (tertiary/aromatic N) is 2. The van der Waals surface area contributed by atoms with Gasteiger partial charge in [-0.3, -0.25) is 9.59 Å². The van der Waals surface area contributed by atoms with E-state index in [1.54, 1.807) is 4.90 Å². The standard InChI is InChI=1S/C29H42N2O4S/c1-19(2)30-16-8-9-22(27(30)33)18-31(26(32)21-12-10-20(3)11-13-21)24-17-23(14-15-29(4,5)6)36-25(24)28(34)35-7/h17,19-22H,8-13,16,18H2,1-7H3. The Morgan fingerprint density at radius 2 is 1.86 bits per heavy atom. The molecule has 0 radical (unpaired) electrons. The van der Waals surface area contributed by atoms with Crippen LogP contribution in [0.5, 0.6) is 0 Å². The number of anilines is 1. The first-order valence-electron chi connectivity index (χ1n) is 13.3. The van der Waals surface area contributed by atoms with Crippen LogP contribution in [0.25, 0.3) is 0 Å². The van der Waals surface area contributed by atoms with Crippen LogP contribution in [0.1, 0.15) is 94.6 Å². The molecule has 1 aromatic heterocycles. The summed E-state index contributed by atoms with van der Waals surface area (Å²) in [5.41, 5.74) is 0.335. The van der Waals surface area contributed by atoms with Gasteiger partial charge in [0.25, 0.3) is 0 Å². The Hall–Kier alpha value is -2.33. The largest absolute Gasteiger partial charge is 0.465 e. The maximum absolute atomic E-state index is 14.0. The fourth-order valence-electron chi connectivity index (χ4n) is 5.04. The SMILES string of the molecule is COC(=O)c1sc(C#CC(C)(C)C)cc1N(CC1CCCN(C(C)C)C1=O)C(=O)C1CCC(C)CC1. The van der Waals surface area contributed by atoms with Gasteiger partial charge in [-0.1, -0.05) is 18.8 Å². The second-order valence-corrected chi connectivity index (χ2v) is 12.7. The fraction of sp³-hybridized carbons (Fsp3) is 0.690. The normalized spacial score (nSPS) is 22.7. The van der Waals surface area contributed by atoms with Gasteiger partial charge < -0.3 is 14.5 Å². The van der Waals surface area contributed by atoms with Crippen molar-refractivity contribution in [3.05, 3.63) is 15.8 Å². The van der Waals surface area contributed by atoms with Crippen molar-refractivity contribution in [3.8, 4) is 11.8 Å². The lowest BCUT2D eigenvalue weighted by Gasteiger charge is -2.38. The maximum atomic E-state index is 14.0. The third kappa shape index (κ3) is 6.91. The molecule has 36 heavy (non-hydrogen) atoms. The van der Waals surface area contributed by atoms with E-state index in [-0.39, 0.29) is 41.7 Å². The zero-order chi connectivity index (χ0) is 26.6. The molecule has 6 nitrogen and oxygen atoms in total. The Morgan fingerprint density at radius 1 is 1.19 bits per heavy atom. The number of esters is 1. The van der Waals surface area contributed by atoms with Crippen LogP contribution < -0.4 is 4.90 Å². The lowest BCUT2D eigenvalue weighted by Crippen LogP contribution is -2.50. The number of likely N-dealkylation sites (tertiary alicyclic amines) is 1. The zero-order valence-electron chi connectivity index (χ0n) is 23.0. The number of methoxy groups -OCH3 is 1. The van der Waals surface area contributed by atoms with Crippen LogP contribution >= 0.6 is 11.3 Å². The van der Waals surface area contributed by atoms with E-state index < -0.39 is 5.97 Å². The molecule has 1 aromatic rings. The molecule has 1 aliphatic heterocycles. The highest BCUT2D eigenvalue weighted by molar-refractivity contribution is 7.15. The molecule has 1 unspecified atom stereocenters. The molecule has 0 spiro atoms. The summed E-state index contributed by atoms with van der Waals surface area (Å²) in [6, 6.07) is 1.96. The summed E-state index contributed by atoms with van der Waals surface area (Å²) in [6.45, 7) is 13.4. The lowest BCUT2D eigenvalue weighted by molar-refractivity contribution is -0.140. The van der Waals surface area contributed by atoms with Crippen LogP contribution in [-0.4, -0.2) is 48.9 Å². The highest BCUT2D eigenvalue weighted by Gasteiger charge is 2.37. The quantitative estimate of drug-likeness (QED) is 0.359. The fourth-order valence-corrected chi connectivity index (χ4v) is 5.98. The predicted octanol–water partition coefficient (Wildman–Crippen LogP) is 5.74. The molecule has 1 atom stereocenters. The second kappa shape index (κ2) is 11.8. The van der Waals surface area contributed by atoms with Gasteiger partial charge in [-0.15, -0.1) is 11.3 Å². The van der Waals surface area contributed by atoms with Crippen molar-refractivity contribution in [2.45, 2.75) is 86.1 Å². The molecular formula is C29H42N2O4S. The van der Waals surface area contributed by atoms with Crippen molar-refractivity contribution in [2.75, 3.05) is 25.1 Å². The number of carbonyl (C=O) groups excluding carboxylic acids is 3. The number of thiophene rings is 1. The molecule has 7 heteroatoms. The van der Waals surface area contributed by atoms with Gasteiger partial charge in [0.15, 0.2) is 0 Å². The molecule has 2 heterocycles. The van der Waals surface area contributed by atoms with E-state index in [1.165, 1.54) is 18.4 Å². The van der Waals surface area contributed by atoms with Crippen LogP contribution in [0, 0.1) is 35.0 Å². The topological polar surface area (TPSA) is 66.9 Å². The van der Waals surface area contributed by atoms with Crippen LogP contribution in [0.15, 0.2) is 6.07 Å². The first kappa shape index (κ1) is 28.2. The second-order valence-electron chi connectivity index (χ2n) is 11.7. The van der Waals surface area contributed by atoms with Crippen molar-refractivity contribution < 1.29 is 19.1 Å². The molecule has 198 valence electrons. The lowest BCUT2D eigenvalue weighted by atomic mass is 9.82. The number of hydrogen-bond donors (Lipinski definition) is 0. The molecule has 0 aromatic carbocycles. The summed E-state index contributed by atoms with van der Waals surface area (Å²) in [7, 11) is 1.35. The maximum Gasteiger partial charge on any atom is 0.350 e. The van der Waals surface area contributed by atoms with Crippen molar-refractivity contribution >= 4 is 34.8 Å². The highest BCUT2D eigenvalue weighted by atomic mass is 32.1. The molecule has 2 fully saturated rings. The van der Waals surface area contributed by atoms with Crippen LogP contribution in [-0.2, 0) is 14.3 Å². The minimum absolute atomic E-state index is 0.00894. The monoisotopic (exact) mass is 514 g/mol. The summed E-state index contributed by atoms with van der Waals surface area (Å²) in [5.74, 6) is 6.26. The molecule has 0 bridgehead atoms. The summed E-state index contributed by atoms with van der Waals surface area (Å²) < 4.78 is 5.09. The molecule has 3 rings (SSSR count). The number of ether oxygens (including phenoxy) is 1. The van der Waals surface area contributed by atoms with Gasteiger partial charge in [-0.2, -0.15) is 0 Å². The van der Waals surface area contributed by atoms with Gasteiger partial charge >= 0.3 is 5.97 Å². The van der Waals surface area contributed by atoms with Gasteiger partial charge in [0.1, 0.15) is 4.88 Å². The summed E-state index contributed by atoms with van der Waals surface area (Å²) in [4.78, 5) is 44.9. The molecule has 0 N–H and O–H groups in total. The minimum atomic E-state index is -0.479. The Kier molecular flexibility index (Phi) is 9.27. The van der Waals surface area contributed by atoms with Crippen molar-refractivity contribution in [1.82, 2.24) is 4.90 Å². The Morgan fingerprint density at radius 3 is 2.44 bits per heavy atom. The molecule has 1 saturated heterocycles. The van der Waals surface area contributed by atoms with Crippen LogP contribution in [0.2, 0.25) is 0 Å². The van der Waals surface area contributed by atoms with E-state index in [9.17, 15) is 14.4 Å². The Balaban J connectivity index is 2.03.